The second-order valence-corrected chi connectivity index (χ2v) is 4.75. The largest absolute Gasteiger partial charge is 0.345 e. The molecule has 1 aliphatic heterocycles. The molecule has 1 aliphatic rings. The fourth-order valence-electron chi connectivity index (χ4n) is 2.47. The molecule has 0 aliphatic carbocycles. The number of nitriles is 1. The van der Waals surface area contributed by atoms with E-state index in [0.717, 1.165) is 25.5 Å². The highest BCUT2D eigenvalue weighted by atomic mass is 16.6. The Balaban J connectivity index is 2.43. The molecule has 20 heavy (non-hydrogen) atoms. The summed E-state index contributed by atoms with van der Waals surface area (Å²) in [6, 6.07) is 2.83. The molecule has 0 N–H and O–H groups in total. The minimum absolute atomic E-state index is 0.0220. The van der Waals surface area contributed by atoms with Gasteiger partial charge in [-0.1, -0.05) is 0 Å². The van der Waals surface area contributed by atoms with E-state index < -0.39 is 4.92 Å². The van der Waals surface area contributed by atoms with Crippen LogP contribution in [0.4, 0.5) is 11.5 Å². The highest BCUT2D eigenvalue weighted by Crippen LogP contribution is 2.28. The van der Waals surface area contributed by atoms with Crippen molar-refractivity contribution in [1.82, 2.24) is 4.98 Å². The van der Waals surface area contributed by atoms with Gasteiger partial charge in [0.25, 0.3) is 5.69 Å². The van der Waals surface area contributed by atoms with Gasteiger partial charge in [0.2, 0.25) is 0 Å². The first kappa shape index (κ1) is 13.9. The summed E-state index contributed by atoms with van der Waals surface area (Å²) in [6.45, 7) is 2.14. The zero-order valence-corrected chi connectivity index (χ0v) is 11.1. The number of carbonyl (C=O) groups is 1. The van der Waals surface area contributed by atoms with Gasteiger partial charge >= 0.3 is 0 Å². The molecule has 0 bridgehead atoms. The van der Waals surface area contributed by atoms with Crippen molar-refractivity contribution in [1.29, 1.82) is 5.26 Å². The van der Waals surface area contributed by atoms with Crippen LogP contribution in [0.5, 0.6) is 0 Å². The van der Waals surface area contributed by atoms with Gasteiger partial charge in [-0.25, -0.2) is 4.98 Å². The first-order valence-electron chi connectivity index (χ1n) is 6.36. The van der Waals surface area contributed by atoms with Crippen molar-refractivity contribution in [2.75, 3.05) is 11.4 Å². The molecule has 0 spiro atoms. The van der Waals surface area contributed by atoms with Crippen molar-refractivity contribution in [3.8, 4) is 6.07 Å². The van der Waals surface area contributed by atoms with Crippen LogP contribution in [-0.2, 0) is 4.79 Å². The molecule has 1 fully saturated rings. The first-order chi connectivity index (χ1) is 9.54. The number of hydrogen-bond acceptors (Lipinski definition) is 6. The maximum Gasteiger partial charge on any atom is 0.289 e. The molecule has 1 saturated heterocycles. The molecule has 0 aromatic carbocycles. The second-order valence-electron chi connectivity index (χ2n) is 4.75. The zero-order valence-electron chi connectivity index (χ0n) is 11.1. The number of nitrogens with zero attached hydrogens (tertiary/aromatic N) is 4. The Hall–Kier alpha value is -2.49. The number of aromatic nitrogens is 1. The van der Waals surface area contributed by atoms with E-state index in [9.17, 15) is 14.9 Å². The average molecular weight is 274 g/mol. The van der Waals surface area contributed by atoms with E-state index in [1.54, 1.807) is 4.90 Å². The molecule has 7 nitrogen and oxygen atoms in total. The van der Waals surface area contributed by atoms with E-state index in [-0.39, 0.29) is 23.1 Å². The third-order valence-corrected chi connectivity index (χ3v) is 3.43. The van der Waals surface area contributed by atoms with E-state index in [1.807, 2.05) is 6.07 Å². The van der Waals surface area contributed by atoms with Crippen LogP contribution in [0.3, 0.4) is 0 Å². The Morgan fingerprint density at radius 3 is 2.95 bits per heavy atom. The summed E-state index contributed by atoms with van der Waals surface area (Å²) >= 11 is 0. The molecular weight excluding hydrogens is 260 g/mol. The smallest absolute Gasteiger partial charge is 0.289 e. The van der Waals surface area contributed by atoms with Gasteiger partial charge < -0.3 is 4.90 Å². The number of Topliss-reactive ketones (excluding diaryl/α,β-unsaturated/α-hetero) is 1. The van der Waals surface area contributed by atoms with E-state index in [2.05, 4.69) is 4.98 Å². The predicted molar refractivity (Wildman–Crippen MR) is 71.3 cm³/mol. The minimum atomic E-state index is -0.587. The molecule has 0 amide bonds. The molecule has 1 atom stereocenters. The average Bonchev–Trinajstić information content (AvgIpc) is 2.46. The summed E-state index contributed by atoms with van der Waals surface area (Å²) in [6.07, 6.45) is 3.71. The van der Waals surface area contributed by atoms with Crippen LogP contribution in [0.2, 0.25) is 0 Å². The van der Waals surface area contributed by atoms with E-state index in [4.69, 9.17) is 5.26 Å². The van der Waals surface area contributed by atoms with Crippen molar-refractivity contribution < 1.29 is 9.72 Å². The molecule has 2 rings (SSSR count). The van der Waals surface area contributed by atoms with Gasteiger partial charge in [-0.15, -0.1) is 0 Å². The molecule has 1 unspecified atom stereocenters. The van der Waals surface area contributed by atoms with Crippen LogP contribution in [0, 0.1) is 21.4 Å². The van der Waals surface area contributed by atoms with Crippen molar-refractivity contribution in [2.45, 2.75) is 32.2 Å². The summed E-state index contributed by atoms with van der Waals surface area (Å²) in [4.78, 5) is 27.6. The van der Waals surface area contributed by atoms with Gasteiger partial charge in [-0.3, -0.25) is 14.9 Å². The van der Waals surface area contributed by atoms with Gasteiger partial charge in [0.05, 0.1) is 11.0 Å². The van der Waals surface area contributed by atoms with E-state index in [0.29, 0.717) is 12.4 Å². The predicted octanol–water partition coefficient (Wildman–Crippen LogP) is 1.81. The van der Waals surface area contributed by atoms with Crippen LogP contribution < -0.4 is 4.90 Å². The number of carbonyl (C=O) groups excluding carboxylic acids is 1. The third kappa shape index (κ3) is 2.59. The Morgan fingerprint density at radius 1 is 1.60 bits per heavy atom. The van der Waals surface area contributed by atoms with Crippen LogP contribution in [0.25, 0.3) is 0 Å². The number of hydrogen-bond donors (Lipinski definition) is 0. The maximum atomic E-state index is 11.7. The highest BCUT2D eigenvalue weighted by molar-refractivity contribution is 5.85. The summed E-state index contributed by atoms with van der Waals surface area (Å²) in [5, 5.41) is 19.9. The standard InChI is InChI=1S/C13H14N4O3/c1-9(18)12-4-2-3-5-16(12)13-10(7-14)6-11(8-15-13)17(19)20/h6,8,12H,2-5H2,1H3. The van der Waals surface area contributed by atoms with E-state index in [1.165, 1.54) is 13.0 Å². The Morgan fingerprint density at radius 2 is 2.35 bits per heavy atom. The fourth-order valence-corrected chi connectivity index (χ4v) is 2.47. The highest BCUT2D eigenvalue weighted by Gasteiger charge is 2.29. The van der Waals surface area contributed by atoms with Gasteiger partial charge in [-0.2, -0.15) is 5.26 Å². The lowest BCUT2D eigenvalue weighted by Gasteiger charge is -2.35. The van der Waals surface area contributed by atoms with Crippen LogP contribution in [0.1, 0.15) is 31.7 Å². The van der Waals surface area contributed by atoms with Crippen LogP contribution in [-0.4, -0.2) is 28.3 Å². The van der Waals surface area contributed by atoms with E-state index >= 15 is 0 Å². The SMILES string of the molecule is CC(=O)C1CCCCN1c1ncc([N+](=O)[O-])cc1C#N. The Labute approximate surface area is 116 Å². The summed E-state index contributed by atoms with van der Waals surface area (Å²) in [7, 11) is 0. The topological polar surface area (TPSA) is 100 Å². The molecule has 2 heterocycles. The minimum Gasteiger partial charge on any atom is -0.345 e. The first-order valence-corrected chi connectivity index (χ1v) is 6.36. The summed E-state index contributed by atoms with van der Waals surface area (Å²) in [5.41, 5.74) is -0.0889. The van der Waals surface area contributed by atoms with Gasteiger partial charge in [0.15, 0.2) is 5.78 Å². The fraction of sp³-hybridized carbons (Fsp3) is 0.462. The zero-order chi connectivity index (χ0) is 14.7. The van der Waals surface area contributed by atoms with Gasteiger partial charge in [-0.05, 0) is 26.2 Å². The molecule has 104 valence electrons. The van der Waals surface area contributed by atoms with Crippen molar-refractivity contribution >= 4 is 17.3 Å². The quantitative estimate of drug-likeness (QED) is 0.615. The molecule has 0 saturated carbocycles. The van der Waals surface area contributed by atoms with Crippen LogP contribution in [0.15, 0.2) is 12.3 Å². The maximum absolute atomic E-state index is 11.7. The Bertz CT molecular complexity index is 594. The molecule has 7 heteroatoms. The molecule has 1 aromatic heterocycles. The lowest BCUT2D eigenvalue weighted by molar-refractivity contribution is -0.385. The van der Waals surface area contributed by atoms with Gasteiger partial charge in [0.1, 0.15) is 23.6 Å². The van der Waals surface area contributed by atoms with Crippen molar-refractivity contribution in [3.05, 3.63) is 27.9 Å². The summed E-state index contributed by atoms with van der Waals surface area (Å²) in [5.74, 6) is 0.381. The number of nitro groups is 1. The molecular formula is C13H14N4O3. The lowest BCUT2D eigenvalue weighted by Crippen LogP contribution is -2.44. The molecule has 1 aromatic rings. The van der Waals surface area contributed by atoms with Gasteiger partial charge in [0, 0.05) is 12.6 Å². The number of piperidine rings is 1. The summed E-state index contributed by atoms with van der Waals surface area (Å²) < 4.78 is 0. The lowest BCUT2D eigenvalue weighted by atomic mass is 9.98. The second kappa shape index (κ2) is 5.65. The van der Waals surface area contributed by atoms with Crippen LogP contribution >= 0.6 is 0 Å². The molecule has 0 radical (unpaired) electrons. The Kier molecular flexibility index (Phi) is 3.94. The van der Waals surface area contributed by atoms with Crippen molar-refractivity contribution in [2.24, 2.45) is 0 Å². The number of pyridine rings is 1. The monoisotopic (exact) mass is 274 g/mol. The number of rotatable bonds is 3. The van der Waals surface area contributed by atoms with Crippen molar-refractivity contribution in [3.63, 3.8) is 0 Å². The third-order valence-electron chi connectivity index (χ3n) is 3.43. The number of anilines is 1. The number of ketones is 1. The normalized spacial score (nSPS) is 18.4.